The molecule has 1 aliphatic rings. The third-order valence-electron chi connectivity index (χ3n) is 2.77. The van der Waals surface area contributed by atoms with Crippen LogP contribution in [0.5, 0.6) is 0 Å². The maximum Gasteiger partial charge on any atom is 0.214 e. The lowest BCUT2D eigenvalue weighted by molar-refractivity contribution is 0.293. The van der Waals surface area contributed by atoms with Crippen molar-refractivity contribution in [2.75, 3.05) is 25.4 Å². The maximum absolute atomic E-state index is 11.8. The van der Waals surface area contributed by atoms with Gasteiger partial charge in [0.2, 0.25) is 10.0 Å². The molecule has 0 aromatic carbocycles. The lowest BCUT2D eigenvalue weighted by Gasteiger charge is -2.23. The Morgan fingerprint density at radius 1 is 1.00 bits per heavy atom. The van der Waals surface area contributed by atoms with E-state index in [-0.39, 0.29) is 12.4 Å². The highest BCUT2D eigenvalue weighted by atomic mass is 32.2. The topological polar surface area (TPSA) is 57.6 Å². The van der Waals surface area contributed by atoms with E-state index < -0.39 is 10.0 Å². The lowest BCUT2D eigenvalue weighted by atomic mass is 10.1. The van der Waals surface area contributed by atoms with Gasteiger partial charge < -0.3 is 5.11 Å². The number of nitrogens with zero attached hydrogens (tertiary/aromatic N) is 1. The largest absolute Gasteiger partial charge is 0.396 e. The van der Waals surface area contributed by atoms with Gasteiger partial charge in [0, 0.05) is 19.7 Å². The summed E-state index contributed by atoms with van der Waals surface area (Å²) in [4.78, 5) is 0. The summed E-state index contributed by atoms with van der Waals surface area (Å²) in [5, 5.41) is 8.65. The van der Waals surface area contributed by atoms with Gasteiger partial charge in [-0.05, 0) is 19.3 Å². The summed E-state index contributed by atoms with van der Waals surface area (Å²) in [5.74, 6) is 0.0868. The molecule has 90 valence electrons. The summed E-state index contributed by atoms with van der Waals surface area (Å²) in [5.41, 5.74) is 0. The summed E-state index contributed by atoms with van der Waals surface area (Å²) in [6, 6.07) is 0. The molecule has 1 saturated heterocycles. The van der Waals surface area contributed by atoms with Gasteiger partial charge in [0.05, 0.1) is 5.75 Å². The summed E-state index contributed by atoms with van der Waals surface area (Å²) < 4.78 is 25.2. The van der Waals surface area contributed by atoms with Crippen LogP contribution in [-0.2, 0) is 10.0 Å². The second-order valence-corrected chi connectivity index (χ2v) is 6.15. The van der Waals surface area contributed by atoms with Gasteiger partial charge >= 0.3 is 0 Å². The number of hydrogen-bond donors (Lipinski definition) is 1. The minimum atomic E-state index is -3.11. The molecule has 0 atom stereocenters. The molecule has 1 heterocycles. The Morgan fingerprint density at radius 3 is 2.07 bits per heavy atom. The van der Waals surface area contributed by atoms with Crippen LogP contribution < -0.4 is 0 Å². The Hall–Kier alpha value is -0.130. The first-order chi connectivity index (χ1) is 7.17. The van der Waals surface area contributed by atoms with Gasteiger partial charge in [-0.25, -0.2) is 12.7 Å². The number of sulfonamides is 1. The highest BCUT2D eigenvalue weighted by Crippen LogP contribution is 2.14. The molecule has 1 rings (SSSR count). The molecule has 5 heteroatoms. The van der Waals surface area contributed by atoms with E-state index in [1.807, 2.05) is 0 Å². The molecular formula is C10H21NO3S. The molecule has 0 spiro atoms. The molecule has 1 fully saturated rings. The van der Waals surface area contributed by atoms with Crippen molar-refractivity contribution < 1.29 is 13.5 Å². The van der Waals surface area contributed by atoms with Crippen LogP contribution >= 0.6 is 0 Å². The predicted molar refractivity (Wildman–Crippen MR) is 60.1 cm³/mol. The lowest BCUT2D eigenvalue weighted by Crippen LogP contribution is -2.35. The molecule has 0 radical (unpaired) electrons. The molecule has 0 aromatic heterocycles. The summed E-state index contributed by atoms with van der Waals surface area (Å²) in [6.07, 6.45) is 5.78. The molecule has 1 N–H and O–H groups in total. The van der Waals surface area contributed by atoms with Gasteiger partial charge in [-0.1, -0.05) is 19.3 Å². The second-order valence-electron chi connectivity index (χ2n) is 4.06. The SMILES string of the molecule is O=S(=O)(CCCO)N1CCCCCCC1. The number of rotatable bonds is 4. The van der Waals surface area contributed by atoms with Crippen molar-refractivity contribution in [1.29, 1.82) is 0 Å². The van der Waals surface area contributed by atoms with Crippen molar-refractivity contribution in [2.24, 2.45) is 0 Å². The molecule has 0 amide bonds. The minimum absolute atomic E-state index is 0.0485. The number of aliphatic hydroxyl groups excluding tert-OH is 1. The molecule has 0 bridgehead atoms. The number of hydrogen-bond acceptors (Lipinski definition) is 3. The number of aliphatic hydroxyl groups is 1. The summed E-state index contributed by atoms with van der Waals surface area (Å²) >= 11 is 0. The molecule has 0 aromatic rings. The highest BCUT2D eigenvalue weighted by molar-refractivity contribution is 7.89. The van der Waals surface area contributed by atoms with Crippen LogP contribution in [0.1, 0.15) is 38.5 Å². The molecule has 0 unspecified atom stereocenters. The average Bonchev–Trinajstić information content (AvgIpc) is 2.13. The van der Waals surface area contributed by atoms with Crippen LogP contribution in [0.4, 0.5) is 0 Å². The first-order valence-corrected chi connectivity index (χ1v) is 7.36. The Kier molecular flexibility index (Phi) is 5.56. The Labute approximate surface area is 92.3 Å². The van der Waals surface area contributed by atoms with Gasteiger partial charge in [0.1, 0.15) is 0 Å². The van der Waals surface area contributed by atoms with Crippen molar-refractivity contribution in [3.8, 4) is 0 Å². The van der Waals surface area contributed by atoms with Crippen molar-refractivity contribution in [2.45, 2.75) is 38.5 Å². The standard InChI is InChI=1S/C10H21NO3S/c12-9-6-10-15(13,14)11-7-4-2-1-3-5-8-11/h12H,1-10H2. The molecular weight excluding hydrogens is 214 g/mol. The molecule has 15 heavy (non-hydrogen) atoms. The van der Waals surface area contributed by atoms with E-state index >= 15 is 0 Å². The van der Waals surface area contributed by atoms with Crippen LogP contribution in [0.15, 0.2) is 0 Å². The molecule has 4 nitrogen and oxygen atoms in total. The monoisotopic (exact) mass is 235 g/mol. The summed E-state index contributed by atoms with van der Waals surface area (Å²) in [7, 11) is -3.11. The normalized spacial score (nSPS) is 20.9. The Balaban J connectivity index is 2.50. The van der Waals surface area contributed by atoms with E-state index in [1.165, 1.54) is 6.42 Å². The van der Waals surface area contributed by atoms with Gasteiger partial charge in [0.25, 0.3) is 0 Å². The third kappa shape index (κ3) is 4.49. The van der Waals surface area contributed by atoms with Crippen LogP contribution in [-0.4, -0.2) is 43.3 Å². The van der Waals surface area contributed by atoms with E-state index in [9.17, 15) is 8.42 Å². The maximum atomic E-state index is 11.8. The first-order valence-electron chi connectivity index (χ1n) is 5.75. The minimum Gasteiger partial charge on any atom is -0.396 e. The van der Waals surface area contributed by atoms with E-state index in [2.05, 4.69) is 0 Å². The van der Waals surface area contributed by atoms with Crippen molar-refractivity contribution in [3.63, 3.8) is 0 Å². The van der Waals surface area contributed by atoms with E-state index in [0.29, 0.717) is 19.5 Å². The van der Waals surface area contributed by atoms with Crippen molar-refractivity contribution in [3.05, 3.63) is 0 Å². The van der Waals surface area contributed by atoms with Gasteiger partial charge in [0.15, 0.2) is 0 Å². The Morgan fingerprint density at radius 2 is 1.53 bits per heavy atom. The highest BCUT2D eigenvalue weighted by Gasteiger charge is 2.21. The van der Waals surface area contributed by atoms with Crippen LogP contribution in [0.3, 0.4) is 0 Å². The molecule has 1 aliphatic heterocycles. The fourth-order valence-corrected chi connectivity index (χ4v) is 3.44. The Bertz CT molecular complexity index is 256. The van der Waals surface area contributed by atoms with E-state index in [1.54, 1.807) is 4.31 Å². The zero-order valence-electron chi connectivity index (χ0n) is 9.19. The quantitative estimate of drug-likeness (QED) is 0.789. The zero-order chi connectivity index (χ0) is 11.1. The van der Waals surface area contributed by atoms with E-state index in [4.69, 9.17) is 5.11 Å². The average molecular weight is 235 g/mol. The van der Waals surface area contributed by atoms with E-state index in [0.717, 1.165) is 25.7 Å². The summed E-state index contributed by atoms with van der Waals surface area (Å²) in [6.45, 7) is 1.27. The zero-order valence-corrected chi connectivity index (χ0v) is 10.0. The molecule has 0 saturated carbocycles. The smallest absolute Gasteiger partial charge is 0.214 e. The van der Waals surface area contributed by atoms with Gasteiger partial charge in [-0.15, -0.1) is 0 Å². The van der Waals surface area contributed by atoms with Gasteiger partial charge in [-0.3, -0.25) is 0 Å². The fourth-order valence-electron chi connectivity index (χ4n) is 1.87. The predicted octanol–water partition coefficient (Wildman–Crippen LogP) is 0.965. The van der Waals surface area contributed by atoms with Crippen molar-refractivity contribution in [1.82, 2.24) is 4.31 Å². The van der Waals surface area contributed by atoms with Crippen LogP contribution in [0.2, 0.25) is 0 Å². The van der Waals surface area contributed by atoms with Crippen LogP contribution in [0.25, 0.3) is 0 Å². The molecule has 0 aliphatic carbocycles. The third-order valence-corrected chi connectivity index (χ3v) is 4.73. The second kappa shape index (κ2) is 6.45. The first kappa shape index (κ1) is 12.9. The van der Waals surface area contributed by atoms with Crippen LogP contribution in [0, 0.1) is 0 Å². The fraction of sp³-hybridized carbons (Fsp3) is 1.00. The van der Waals surface area contributed by atoms with Gasteiger partial charge in [-0.2, -0.15) is 0 Å². The van der Waals surface area contributed by atoms with Crippen molar-refractivity contribution >= 4 is 10.0 Å².